The van der Waals surface area contributed by atoms with Crippen molar-refractivity contribution in [2.45, 2.75) is 6.92 Å². The third-order valence-corrected chi connectivity index (χ3v) is 2.28. The van der Waals surface area contributed by atoms with E-state index >= 15 is 0 Å². The largest absolute Gasteiger partial charge is 0.478 e. The molecule has 0 amide bonds. The van der Waals surface area contributed by atoms with Gasteiger partial charge in [0.2, 0.25) is 0 Å². The molecule has 0 aliphatic carbocycles. The van der Waals surface area contributed by atoms with Crippen LogP contribution in [0.1, 0.15) is 6.92 Å². The molecule has 0 saturated heterocycles. The highest BCUT2D eigenvalue weighted by Crippen LogP contribution is 2.16. The molecule has 0 radical (unpaired) electrons. The molecule has 1 aromatic carbocycles. The summed E-state index contributed by atoms with van der Waals surface area (Å²) in [7, 11) is 0. The Labute approximate surface area is 117 Å². The van der Waals surface area contributed by atoms with E-state index in [1.54, 1.807) is 24.3 Å². The molecule has 1 aromatic rings. The van der Waals surface area contributed by atoms with E-state index in [1.165, 1.54) is 6.92 Å². The number of benzene rings is 1. The van der Waals surface area contributed by atoms with Gasteiger partial charge in [-0.1, -0.05) is 18.2 Å². The number of carboxylic acids is 1. The van der Waals surface area contributed by atoms with Gasteiger partial charge in [0.25, 0.3) is 5.95 Å². The van der Waals surface area contributed by atoms with Crippen molar-refractivity contribution in [2.24, 2.45) is 0 Å². The molecule has 0 atom stereocenters. The van der Waals surface area contributed by atoms with Crippen LogP contribution in [0.4, 0.5) is 0 Å². The summed E-state index contributed by atoms with van der Waals surface area (Å²) in [5, 5.41) is 17.5. The monoisotopic (exact) mass is 282 g/mol. The standard InChI is InChI=1S/C14H18O6/c1-11(13(16)17)14(19-10-9-18-8-7-15)20-12-5-3-2-4-6-12/h2-6,15H,7-10H2,1H3,(H,16,17). The molecule has 0 fully saturated rings. The summed E-state index contributed by atoms with van der Waals surface area (Å²) in [6.45, 7) is 1.90. The van der Waals surface area contributed by atoms with Crippen molar-refractivity contribution in [3.8, 4) is 5.75 Å². The van der Waals surface area contributed by atoms with Gasteiger partial charge in [-0.2, -0.15) is 0 Å². The zero-order valence-electron chi connectivity index (χ0n) is 11.2. The van der Waals surface area contributed by atoms with E-state index in [2.05, 4.69) is 0 Å². The molecule has 20 heavy (non-hydrogen) atoms. The molecular weight excluding hydrogens is 264 g/mol. The second kappa shape index (κ2) is 8.95. The smallest absolute Gasteiger partial charge is 0.338 e. The molecule has 6 nitrogen and oxygen atoms in total. The first-order valence-electron chi connectivity index (χ1n) is 6.13. The average Bonchev–Trinajstić information content (AvgIpc) is 2.46. The number of carboxylic acid groups (broad SMARTS) is 1. The van der Waals surface area contributed by atoms with Crippen LogP contribution in [0, 0.1) is 0 Å². The topological polar surface area (TPSA) is 85.2 Å². The number of hydrogen-bond donors (Lipinski definition) is 2. The van der Waals surface area contributed by atoms with Crippen LogP contribution in [0.5, 0.6) is 5.75 Å². The van der Waals surface area contributed by atoms with E-state index in [9.17, 15) is 4.79 Å². The second-order valence-corrected chi connectivity index (χ2v) is 3.82. The summed E-state index contributed by atoms with van der Waals surface area (Å²) >= 11 is 0. The second-order valence-electron chi connectivity index (χ2n) is 3.82. The van der Waals surface area contributed by atoms with Crippen LogP contribution in [0.25, 0.3) is 0 Å². The van der Waals surface area contributed by atoms with Gasteiger partial charge < -0.3 is 24.4 Å². The quantitative estimate of drug-likeness (QED) is 0.404. The molecule has 0 spiro atoms. The minimum absolute atomic E-state index is 0.0315. The van der Waals surface area contributed by atoms with Gasteiger partial charge in [-0.05, 0) is 19.1 Å². The summed E-state index contributed by atoms with van der Waals surface area (Å²) in [6.07, 6.45) is 0. The van der Waals surface area contributed by atoms with Crippen LogP contribution < -0.4 is 4.74 Å². The number of rotatable bonds is 9. The van der Waals surface area contributed by atoms with Gasteiger partial charge in [-0.15, -0.1) is 0 Å². The van der Waals surface area contributed by atoms with E-state index in [0.717, 1.165) is 0 Å². The lowest BCUT2D eigenvalue weighted by molar-refractivity contribution is -0.133. The fraction of sp³-hybridized carbons (Fsp3) is 0.357. The molecular formula is C14H18O6. The first kappa shape index (κ1) is 16.0. The van der Waals surface area contributed by atoms with Gasteiger partial charge in [-0.3, -0.25) is 0 Å². The van der Waals surface area contributed by atoms with Crippen molar-refractivity contribution in [1.29, 1.82) is 0 Å². The van der Waals surface area contributed by atoms with Gasteiger partial charge >= 0.3 is 5.97 Å². The molecule has 6 heteroatoms. The Bertz CT molecular complexity index is 440. The van der Waals surface area contributed by atoms with Gasteiger partial charge in [0.05, 0.1) is 19.8 Å². The Morgan fingerprint density at radius 2 is 1.85 bits per heavy atom. The summed E-state index contributed by atoms with van der Waals surface area (Å²) in [5.74, 6) is -0.706. The number of carbonyl (C=O) groups is 1. The van der Waals surface area contributed by atoms with Gasteiger partial charge in [0.1, 0.15) is 17.9 Å². The normalized spacial score (nSPS) is 11.7. The van der Waals surface area contributed by atoms with Crippen LogP contribution >= 0.6 is 0 Å². The zero-order valence-corrected chi connectivity index (χ0v) is 11.2. The van der Waals surface area contributed by atoms with Crippen molar-refractivity contribution in [3.05, 3.63) is 41.9 Å². The highest BCUT2D eigenvalue weighted by atomic mass is 16.7. The van der Waals surface area contributed by atoms with E-state index in [0.29, 0.717) is 5.75 Å². The molecule has 0 aromatic heterocycles. The molecule has 0 aliphatic rings. The number of para-hydroxylation sites is 1. The van der Waals surface area contributed by atoms with Crippen LogP contribution in [0.2, 0.25) is 0 Å². The number of aliphatic carboxylic acids is 1. The van der Waals surface area contributed by atoms with Crippen molar-refractivity contribution >= 4 is 5.97 Å². The molecule has 0 saturated carbocycles. The predicted molar refractivity (Wildman–Crippen MR) is 71.3 cm³/mol. The number of aliphatic hydroxyl groups is 1. The third-order valence-electron chi connectivity index (χ3n) is 2.28. The van der Waals surface area contributed by atoms with E-state index in [4.69, 9.17) is 24.4 Å². The van der Waals surface area contributed by atoms with Crippen LogP contribution in [-0.2, 0) is 14.3 Å². The van der Waals surface area contributed by atoms with Crippen LogP contribution in [0.3, 0.4) is 0 Å². The Balaban J connectivity index is 2.62. The number of hydrogen-bond acceptors (Lipinski definition) is 5. The van der Waals surface area contributed by atoms with Gasteiger partial charge in [-0.25, -0.2) is 4.79 Å². The number of aliphatic hydroxyl groups excluding tert-OH is 1. The fourth-order valence-corrected chi connectivity index (χ4v) is 1.26. The average molecular weight is 282 g/mol. The predicted octanol–water partition coefficient (Wildman–Crippen LogP) is 1.41. The maximum atomic E-state index is 11.0. The molecule has 2 N–H and O–H groups in total. The Hall–Kier alpha value is -2.05. The van der Waals surface area contributed by atoms with Crippen molar-refractivity contribution in [1.82, 2.24) is 0 Å². The Morgan fingerprint density at radius 1 is 1.15 bits per heavy atom. The Kier molecular flexibility index (Phi) is 7.16. The molecule has 110 valence electrons. The first-order chi connectivity index (χ1) is 9.65. The highest BCUT2D eigenvalue weighted by molar-refractivity contribution is 5.86. The maximum Gasteiger partial charge on any atom is 0.338 e. The molecule has 1 rings (SSSR count). The van der Waals surface area contributed by atoms with Crippen molar-refractivity contribution < 1.29 is 29.2 Å². The van der Waals surface area contributed by atoms with Gasteiger partial charge in [0, 0.05) is 0 Å². The summed E-state index contributed by atoms with van der Waals surface area (Å²) in [4.78, 5) is 11.0. The van der Waals surface area contributed by atoms with E-state index in [-0.39, 0.29) is 37.9 Å². The zero-order chi connectivity index (χ0) is 14.8. The van der Waals surface area contributed by atoms with Crippen molar-refractivity contribution in [3.63, 3.8) is 0 Å². The van der Waals surface area contributed by atoms with Crippen LogP contribution in [-0.4, -0.2) is 42.6 Å². The molecule has 0 aliphatic heterocycles. The van der Waals surface area contributed by atoms with Gasteiger partial charge in [0.15, 0.2) is 0 Å². The third kappa shape index (κ3) is 5.73. The summed E-state index contributed by atoms with van der Waals surface area (Å²) in [6, 6.07) is 8.76. The lowest BCUT2D eigenvalue weighted by atomic mass is 10.3. The minimum Gasteiger partial charge on any atom is -0.478 e. The minimum atomic E-state index is -1.12. The van der Waals surface area contributed by atoms with E-state index < -0.39 is 5.97 Å². The van der Waals surface area contributed by atoms with Crippen LogP contribution in [0.15, 0.2) is 41.9 Å². The lowest BCUT2D eigenvalue weighted by Gasteiger charge is -2.13. The lowest BCUT2D eigenvalue weighted by Crippen LogP contribution is -2.13. The molecule has 0 unspecified atom stereocenters. The molecule has 0 heterocycles. The number of ether oxygens (including phenoxy) is 3. The highest BCUT2D eigenvalue weighted by Gasteiger charge is 2.13. The van der Waals surface area contributed by atoms with Crippen molar-refractivity contribution in [2.75, 3.05) is 26.4 Å². The summed E-state index contributed by atoms with van der Waals surface area (Å²) in [5.41, 5.74) is -0.0315. The SMILES string of the molecule is CC(C(=O)O)=C(OCCOCCO)Oc1ccccc1. The maximum absolute atomic E-state index is 11.0. The Morgan fingerprint density at radius 3 is 2.45 bits per heavy atom. The first-order valence-corrected chi connectivity index (χ1v) is 6.13. The molecule has 0 bridgehead atoms. The van der Waals surface area contributed by atoms with E-state index in [1.807, 2.05) is 6.07 Å². The summed E-state index contributed by atoms with van der Waals surface area (Å²) < 4.78 is 15.7. The fourth-order valence-electron chi connectivity index (χ4n) is 1.26.